The van der Waals surface area contributed by atoms with Gasteiger partial charge in [0.15, 0.2) is 0 Å². The molecule has 0 amide bonds. The highest BCUT2D eigenvalue weighted by atomic mass is 35.5. The largest absolute Gasteiger partial charge is 0.319 e. The predicted octanol–water partition coefficient (Wildman–Crippen LogP) is 3.37. The van der Waals surface area contributed by atoms with Gasteiger partial charge < -0.3 is 5.73 Å². The van der Waals surface area contributed by atoms with Crippen molar-refractivity contribution >= 4 is 11.6 Å². The van der Waals surface area contributed by atoms with E-state index in [1.165, 1.54) is 18.3 Å². The summed E-state index contributed by atoms with van der Waals surface area (Å²) in [5.74, 6) is -1.36. The number of nitrogens with zero attached hydrogens (tertiary/aromatic N) is 1. The minimum atomic E-state index is -1.03. The second-order valence-corrected chi connectivity index (χ2v) is 4.35. The van der Waals surface area contributed by atoms with Crippen LogP contribution in [0.1, 0.15) is 22.9 Å². The first-order valence-electron chi connectivity index (χ1n) is 5.33. The quantitative estimate of drug-likeness (QED) is 0.907. The Kier molecular flexibility index (Phi) is 3.59. The summed E-state index contributed by atoms with van der Waals surface area (Å²) >= 11 is 5.93. The molecule has 0 saturated carbocycles. The molecule has 0 aliphatic carbocycles. The van der Waals surface area contributed by atoms with Crippen LogP contribution in [0.4, 0.5) is 8.78 Å². The lowest BCUT2D eigenvalue weighted by atomic mass is 10.00. The molecule has 0 fully saturated rings. The molecule has 2 aromatic rings. The van der Waals surface area contributed by atoms with Crippen molar-refractivity contribution in [1.29, 1.82) is 0 Å². The molecule has 0 aliphatic rings. The van der Waals surface area contributed by atoms with E-state index in [1.54, 1.807) is 19.1 Å². The molecule has 2 N–H and O–H groups in total. The van der Waals surface area contributed by atoms with Gasteiger partial charge in [-0.3, -0.25) is 4.98 Å². The third-order valence-corrected chi connectivity index (χ3v) is 3.03. The molecule has 1 heterocycles. The molecule has 0 saturated heterocycles. The number of aromatic nitrogens is 1. The van der Waals surface area contributed by atoms with Crippen molar-refractivity contribution in [2.24, 2.45) is 5.73 Å². The van der Waals surface area contributed by atoms with Crippen LogP contribution in [-0.4, -0.2) is 4.98 Å². The van der Waals surface area contributed by atoms with Crippen LogP contribution in [0.3, 0.4) is 0 Å². The lowest BCUT2D eigenvalue weighted by molar-refractivity contribution is 0.536. The summed E-state index contributed by atoms with van der Waals surface area (Å²) in [5.41, 5.74) is 6.23. The van der Waals surface area contributed by atoms with E-state index in [9.17, 15) is 8.78 Å². The smallest absolute Gasteiger partial charge is 0.134 e. The van der Waals surface area contributed by atoms with Crippen LogP contribution in [0.25, 0.3) is 0 Å². The van der Waals surface area contributed by atoms with E-state index in [1.807, 2.05) is 0 Å². The molecule has 0 aliphatic heterocycles. The zero-order valence-corrected chi connectivity index (χ0v) is 10.4. The van der Waals surface area contributed by atoms with Crippen molar-refractivity contribution in [3.8, 4) is 0 Å². The number of hydrogen-bond donors (Lipinski definition) is 1. The van der Waals surface area contributed by atoms with E-state index in [-0.39, 0.29) is 16.3 Å². The second-order valence-electron chi connectivity index (χ2n) is 3.94. The van der Waals surface area contributed by atoms with Gasteiger partial charge in [-0.1, -0.05) is 17.7 Å². The maximum absolute atomic E-state index is 13.9. The fourth-order valence-corrected chi connectivity index (χ4v) is 1.97. The van der Waals surface area contributed by atoms with Crippen LogP contribution >= 0.6 is 11.6 Å². The van der Waals surface area contributed by atoms with Crippen LogP contribution in [0, 0.1) is 18.6 Å². The van der Waals surface area contributed by atoms with Gasteiger partial charge >= 0.3 is 0 Å². The first-order valence-corrected chi connectivity index (χ1v) is 5.70. The molecular weight excluding hydrogens is 258 g/mol. The van der Waals surface area contributed by atoms with Gasteiger partial charge in [-0.2, -0.15) is 0 Å². The third-order valence-electron chi connectivity index (χ3n) is 2.71. The van der Waals surface area contributed by atoms with Crippen molar-refractivity contribution in [2.75, 3.05) is 0 Å². The Morgan fingerprint density at radius 2 is 2.00 bits per heavy atom. The molecule has 0 spiro atoms. The van der Waals surface area contributed by atoms with Crippen LogP contribution in [0.2, 0.25) is 5.02 Å². The molecule has 2 nitrogen and oxygen atoms in total. The van der Waals surface area contributed by atoms with Crippen molar-refractivity contribution in [3.63, 3.8) is 0 Å². The van der Waals surface area contributed by atoms with Crippen LogP contribution in [-0.2, 0) is 0 Å². The summed E-state index contributed by atoms with van der Waals surface area (Å²) in [6.45, 7) is 1.55. The topological polar surface area (TPSA) is 38.9 Å². The van der Waals surface area contributed by atoms with Gasteiger partial charge in [-0.05, 0) is 30.7 Å². The highest BCUT2D eigenvalue weighted by Crippen LogP contribution is 2.29. The van der Waals surface area contributed by atoms with E-state index >= 15 is 0 Å². The van der Waals surface area contributed by atoms with Gasteiger partial charge in [-0.15, -0.1) is 0 Å². The summed E-state index contributed by atoms with van der Waals surface area (Å²) in [5, 5.41) is 0.283. The van der Waals surface area contributed by atoms with E-state index in [4.69, 9.17) is 17.3 Å². The van der Waals surface area contributed by atoms with E-state index in [0.717, 1.165) is 0 Å². The Bertz CT molecular complexity index is 587. The third kappa shape index (κ3) is 2.21. The summed E-state index contributed by atoms with van der Waals surface area (Å²) in [7, 11) is 0. The SMILES string of the molecule is Cc1ccc(F)c(C(N)c2ncccc2Cl)c1F. The van der Waals surface area contributed by atoms with Crippen molar-refractivity contribution in [1.82, 2.24) is 4.98 Å². The van der Waals surface area contributed by atoms with Crippen molar-refractivity contribution < 1.29 is 8.78 Å². The summed E-state index contributed by atoms with van der Waals surface area (Å²) < 4.78 is 27.6. The number of rotatable bonds is 2. The molecule has 18 heavy (non-hydrogen) atoms. The lowest BCUT2D eigenvalue weighted by Crippen LogP contribution is -2.18. The minimum absolute atomic E-state index is 0.212. The standard InChI is InChI=1S/C13H11ClF2N2/c1-7-4-5-9(15)10(11(7)16)12(17)13-8(14)3-2-6-18-13/h2-6,12H,17H2,1H3. The first-order chi connectivity index (χ1) is 8.52. The molecule has 0 bridgehead atoms. The number of halogens is 3. The average molecular weight is 269 g/mol. The number of aryl methyl sites for hydroxylation is 1. The molecule has 1 atom stereocenters. The number of pyridine rings is 1. The summed E-state index contributed by atoms with van der Waals surface area (Å²) in [6, 6.07) is 4.72. The lowest BCUT2D eigenvalue weighted by Gasteiger charge is -2.15. The average Bonchev–Trinajstić information content (AvgIpc) is 2.35. The molecule has 94 valence electrons. The monoisotopic (exact) mass is 268 g/mol. The van der Waals surface area contributed by atoms with E-state index < -0.39 is 17.7 Å². The Morgan fingerprint density at radius 1 is 1.28 bits per heavy atom. The van der Waals surface area contributed by atoms with Gasteiger partial charge in [0.1, 0.15) is 11.6 Å². The molecule has 2 rings (SSSR count). The predicted molar refractivity (Wildman–Crippen MR) is 66.4 cm³/mol. The van der Waals surface area contributed by atoms with Crippen LogP contribution in [0.15, 0.2) is 30.5 Å². The van der Waals surface area contributed by atoms with Crippen LogP contribution < -0.4 is 5.73 Å². The van der Waals surface area contributed by atoms with Gasteiger partial charge in [0.25, 0.3) is 0 Å². The zero-order chi connectivity index (χ0) is 13.3. The van der Waals surface area contributed by atoms with Crippen LogP contribution in [0.5, 0.6) is 0 Å². The second kappa shape index (κ2) is 5.00. The highest BCUT2D eigenvalue weighted by Gasteiger charge is 2.22. The molecule has 1 unspecified atom stereocenters. The van der Waals surface area contributed by atoms with Gasteiger partial charge in [0.2, 0.25) is 0 Å². The van der Waals surface area contributed by atoms with E-state index in [2.05, 4.69) is 4.98 Å². The van der Waals surface area contributed by atoms with Crippen molar-refractivity contribution in [3.05, 3.63) is 63.9 Å². The van der Waals surface area contributed by atoms with Crippen molar-refractivity contribution in [2.45, 2.75) is 13.0 Å². The van der Waals surface area contributed by atoms with Gasteiger partial charge in [0, 0.05) is 11.8 Å². The summed E-state index contributed by atoms with van der Waals surface area (Å²) in [4.78, 5) is 3.98. The van der Waals surface area contributed by atoms with Gasteiger partial charge in [-0.25, -0.2) is 8.78 Å². The molecule has 1 aromatic heterocycles. The number of nitrogens with two attached hydrogens (primary N) is 1. The number of benzene rings is 1. The number of hydrogen-bond acceptors (Lipinski definition) is 2. The van der Waals surface area contributed by atoms with Gasteiger partial charge in [0.05, 0.1) is 16.8 Å². The summed E-state index contributed by atoms with van der Waals surface area (Å²) in [6.07, 6.45) is 1.48. The maximum atomic E-state index is 13.9. The molecular formula is C13H11ClF2N2. The van der Waals surface area contributed by atoms with E-state index in [0.29, 0.717) is 5.56 Å². The molecule has 5 heteroatoms. The molecule has 0 radical (unpaired) electrons. The normalized spacial score (nSPS) is 12.5. The maximum Gasteiger partial charge on any atom is 0.134 e. The Labute approximate surface area is 108 Å². The zero-order valence-electron chi connectivity index (χ0n) is 9.62. The fourth-order valence-electron chi connectivity index (χ4n) is 1.73. The molecule has 1 aromatic carbocycles. The Hall–Kier alpha value is -1.52. The highest BCUT2D eigenvalue weighted by molar-refractivity contribution is 6.31. The Morgan fingerprint density at radius 3 is 2.67 bits per heavy atom. The Balaban J connectivity index is 2.56. The fraction of sp³-hybridized carbons (Fsp3) is 0.154. The minimum Gasteiger partial charge on any atom is -0.319 e. The first kappa shape index (κ1) is 12.9.